The number of carbonyl (C=O) groups excluding carboxylic acids is 2. The molecule has 3 heteroatoms. The van der Waals surface area contributed by atoms with E-state index in [9.17, 15) is 9.59 Å². The summed E-state index contributed by atoms with van der Waals surface area (Å²) < 4.78 is 5.08. The quantitative estimate of drug-likeness (QED) is 0.539. The van der Waals surface area contributed by atoms with Crippen LogP contribution in [0.3, 0.4) is 0 Å². The zero-order valence-corrected chi connectivity index (χ0v) is 8.04. The van der Waals surface area contributed by atoms with E-state index in [0.717, 1.165) is 12.8 Å². The Morgan fingerprint density at radius 3 is 2.62 bits per heavy atom. The zero-order chi connectivity index (χ0) is 9.68. The molecular formula is C10H16O3. The van der Waals surface area contributed by atoms with Gasteiger partial charge in [-0.1, -0.05) is 0 Å². The highest BCUT2D eigenvalue weighted by atomic mass is 16.5. The van der Waals surface area contributed by atoms with Gasteiger partial charge in [0.05, 0.1) is 6.10 Å². The van der Waals surface area contributed by atoms with Crippen molar-refractivity contribution in [3.05, 3.63) is 0 Å². The van der Waals surface area contributed by atoms with Crippen LogP contribution in [-0.2, 0) is 14.3 Å². The molecule has 1 heterocycles. The van der Waals surface area contributed by atoms with Crippen LogP contribution in [0.25, 0.3) is 0 Å². The molecule has 0 saturated carbocycles. The Morgan fingerprint density at radius 2 is 1.85 bits per heavy atom. The van der Waals surface area contributed by atoms with Crippen LogP contribution in [-0.4, -0.2) is 17.9 Å². The van der Waals surface area contributed by atoms with Crippen LogP contribution < -0.4 is 0 Å². The van der Waals surface area contributed by atoms with Gasteiger partial charge < -0.3 is 4.74 Å². The Balaban J connectivity index is 2.41. The van der Waals surface area contributed by atoms with Crippen molar-refractivity contribution in [2.75, 3.05) is 0 Å². The predicted molar refractivity (Wildman–Crippen MR) is 48.3 cm³/mol. The lowest BCUT2D eigenvalue weighted by Gasteiger charge is -2.14. The molecule has 0 aliphatic carbocycles. The molecule has 0 amide bonds. The minimum atomic E-state index is -0.123. The highest BCUT2D eigenvalue weighted by Crippen LogP contribution is 2.11. The van der Waals surface area contributed by atoms with E-state index in [-0.39, 0.29) is 12.1 Å². The summed E-state index contributed by atoms with van der Waals surface area (Å²) in [6, 6.07) is 0. The average Bonchev–Trinajstić information content (AvgIpc) is 2.08. The summed E-state index contributed by atoms with van der Waals surface area (Å²) >= 11 is 0. The fraction of sp³-hybridized carbons (Fsp3) is 0.800. The van der Waals surface area contributed by atoms with Crippen molar-refractivity contribution >= 4 is 11.8 Å². The van der Waals surface area contributed by atoms with Crippen LogP contribution >= 0.6 is 0 Å². The second-order valence-electron chi connectivity index (χ2n) is 3.58. The average molecular weight is 184 g/mol. The minimum absolute atomic E-state index is 0.102. The van der Waals surface area contributed by atoms with E-state index < -0.39 is 0 Å². The molecule has 0 radical (unpaired) electrons. The van der Waals surface area contributed by atoms with Gasteiger partial charge in [-0.3, -0.25) is 9.59 Å². The number of rotatable bonds is 0. The third-order valence-corrected chi connectivity index (χ3v) is 2.25. The number of hydrogen-bond donors (Lipinski definition) is 0. The molecule has 1 rings (SSSR count). The van der Waals surface area contributed by atoms with Crippen LogP contribution in [0, 0.1) is 0 Å². The molecule has 1 saturated heterocycles. The minimum Gasteiger partial charge on any atom is -0.463 e. The highest BCUT2D eigenvalue weighted by Gasteiger charge is 2.13. The fourth-order valence-corrected chi connectivity index (χ4v) is 1.42. The van der Waals surface area contributed by atoms with Gasteiger partial charge in [-0.2, -0.15) is 0 Å². The normalized spacial score (nSPS) is 26.7. The van der Waals surface area contributed by atoms with Crippen molar-refractivity contribution in [2.45, 2.75) is 51.6 Å². The summed E-state index contributed by atoms with van der Waals surface area (Å²) in [5.74, 6) is 0.173. The summed E-state index contributed by atoms with van der Waals surface area (Å²) in [6.45, 7) is 1.84. The SMILES string of the molecule is C[C@@H]1CCC(=O)CCCCC(=O)O1. The van der Waals surface area contributed by atoms with Crippen molar-refractivity contribution in [1.82, 2.24) is 0 Å². The van der Waals surface area contributed by atoms with E-state index in [1.54, 1.807) is 0 Å². The van der Waals surface area contributed by atoms with Crippen molar-refractivity contribution < 1.29 is 14.3 Å². The number of Topliss-reactive ketones (excluding diaryl/α,β-unsaturated/α-hetero) is 1. The van der Waals surface area contributed by atoms with E-state index in [0.29, 0.717) is 31.5 Å². The predicted octanol–water partition coefficient (Wildman–Crippen LogP) is 1.84. The Bertz CT molecular complexity index is 198. The fourth-order valence-electron chi connectivity index (χ4n) is 1.42. The first-order valence-electron chi connectivity index (χ1n) is 4.89. The Morgan fingerprint density at radius 1 is 1.15 bits per heavy atom. The van der Waals surface area contributed by atoms with Gasteiger partial charge in [0, 0.05) is 19.3 Å². The Labute approximate surface area is 78.5 Å². The van der Waals surface area contributed by atoms with Gasteiger partial charge in [0.25, 0.3) is 0 Å². The van der Waals surface area contributed by atoms with Gasteiger partial charge >= 0.3 is 5.97 Å². The summed E-state index contributed by atoms with van der Waals surface area (Å²) in [4.78, 5) is 22.3. The Kier molecular flexibility index (Phi) is 3.93. The number of carbonyl (C=O) groups is 2. The number of ketones is 1. The molecule has 0 aromatic heterocycles. The van der Waals surface area contributed by atoms with Crippen LogP contribution in [0.15, 0.2) is 0 Å². The Hall–Kier alpha value is -0.860. The van der Waals surface area contributed by atoms with Crippen molar-refractivity contribution in [1.29, 1.82) is 0 Å². The van der Waals surface area contributed by atoms with E-state index in [4.69, 9.17) is 4.74 Å². The maximum atomic E-state index is 11.2. The molecule has 13 heavy (non-hydrogen) atoms. The number of cyclic esters (lactones) is 1. The molecule has 1 fully saturated rings. The highest BCUT2D eigenvalue weighted by molar-refractivity contribution is 5.78. The number of esters is 1. The van der Waals surface area contributed by atoms with Crippen molar-refractivity contribution in [3.8, 4) is 0 Å². The molecule has 1 aliphatic rings. The van der Waals surface area contributed by atoms with Crippen LogP contribution in [0.2, 0.25) is 0 Å². The first-order chi connectivity index (χ1) is 6.18. The largest absolute Gasteiger partial charge is 0.463 e. The maximum Gasteiger partial charge on any atom is 0.306 e. The smallest absolute Gasteiger partial charge is 0.306 e. The zero-order valence-electron chi connectivity index (χ0n) is 8.04. The molecule has 74 valence electrons. The van der Waals surface area contributed by atoms with Gasteiger partial charge in [0.2, 0.25) is 0 Å². The standard InChI is InChI=1S/C10H16O3/c1-8-6-7-9(11)4-2-3-5-10(12)13-8/h8H,2-7H2,1H3/t8-/m1/s1. The molecule has 0 aromatic rings. The van der Waals surface area contributed by atoms with E-state index in [1.807, 2.05) is 6.92 Å². The molecule has 1 aliphatic heterocycles. The van der Waals surface area contributed by atoms with Crippen LogP contribution in [0.5, 0.6) is 0 Å². The van der Waals surface area contributed by atoms with E-state index in [2.05, 4.69) is 0 Å². The summed E-state index contributed by atoms with van der Waals surface area (Å²) in [5.41, 5.74) is 0. The molecule has 0 spiro atoms. The summed E-state index contributed by atoms with van der Waals surface area (Å²) in [7, 11) is 0. The van der Waals surface area contributed by atoms with E-state index >= 15 is 0 Å². The van der Waals surface area contributed by atoms with Gasteiger partial charge in [-0.25, -0.2) is 0 Å². The van der Waals surface area contributed by atoms with Gasteiger partial charge in [-0.15, -0.1) is 0 Å². The lowest BCUT2D eigenvalue weighted by Crippen LogP contribution is -2.17. The maximum absolute atomic E-state index is 11.2. The molecule has 0 unspecified atom stereocenters. The lowest BCUT2D eigenvalue weighted by atomic mass is 10.0. The molecule has 3 nitrogen and oxygen atoms in total. The second kappa shape index (κ2) is 5.00. The van der Waals surface area contributed by atoms with E-state index in [1.165, 1.54) is 0 Å². The topological polar surface area (TPSA) is 43.4 Å². The van der Waals surface area contributed by atoms with Crippen molar-refractivity contribution in [3.63, 3.8) is 0 Å². The summed E-state index contributed by atoms with van der Waals surface area (Å²) in [5, 5.41) is 0. The molecular weight excluding hydrogens is 168 g/mol. The summed E-state index contributed by atoms with van der Waals surface area (Å²) in [6.07, 6.45) is 3.80. The van der Waals surface area contributed by atoms with Gasteiger partial charge in [0.1, 0.15) is 5.78 Å². The van der Waals surface area contributed by atoms with Gasteiger partial charge in [-0.05, 0) is 26.2 Å². The molecule has 0 N–H and O–H groups in total. The third-order valence-electron chi connectivity index (χ3n) is 2.25. The molecule has 0 bridgehead atoms. The number of ether oxygens (including phenoxy) is 1. The second-order valence-corrected chi connectivity index (χ2v) is 3.58. The first-order valence-corrected chi connectivity index (χ1v) is 4.89. The van der Waals surface area contributed by atoms with Crippen molar-refractivity contribution in [2.24, 2.45) is 0 Å². The first kappa shape index (κ1) is 10.2. The lowest BCUT2D eigenvalue weighted by molar-refractivity contribution is -0.149. The molecule has 1 atom stereocenters. The number of hydrogen-bond acceptors (Lipinski definition) is 3. The molecule has 0 aromatic carbocycles. The monoisotopic (exact) mass is 184 g/mol. The third kappa shape index (κ3) is 4.06. The van der Waals surface area contributed by atoms with Crippen LogP contribution in [0.4, 0.5) is 0 Å². The van der Waals surface area contributed by atoms with Gasteiger partial charge in [0.15, 0.2) is 0 Å². The van der Waals surface area contributed by atoms with Crippen LogP contribution in [0.1, 0.15) is 45.4 Å².